The van der Waals surface area contributed by atoms with Gasteiger partial charge in [-0.15, -0.1) is 0 Å². The molecule has 0 spiro atoms. The molecule has 2 aliphatic heterocycles. The Bertz CT molecular complexity index is 1110. The van der Waals surface area contributed by atoms with Crippen LogP contribution in [0.15, 0.2) is 53.4 Å². The monoisotopic (exact) mass is 471 g/mol. The Balaban J connectivity index is 1.38. The van der Waals surface area contributed by atoms with Crippen LogP contribution < -0.4 is 15.0 Å². The summed E-state index contributed by atoms with van der Waals surface area (Å²) < 4.78 is 32.4. The minimum absolute atomic E-state index is 0.113. The summed E-state index contributed by atoms with van der Waals surface area (Å²) in [6.45, 7) is 3.48. The van der Waals surface area contributed by atoms with Crippen molar-refractivity contribution in [3.63, 3.8) is 0 Å². The SMILES string of the molecule is COc1ccc(N2C[C@H](C(=O)Nc3ccc(S(=O)(=O)N4CCC(C)CC4)cc3)CC2=O)cc1. The number of carbonyl (C=O) groups is 2. The van der Waals surface area contributed by atoms with Crippen LogP contribution in [-0.4, -0.2) is 51.3 Å². The normalized spacial score (nSPS) is 20.1. The van der Waals surface area contributed by atoms with E-state index in [1.54, 1.807) is 48.4 Å². The van der Waals surface area contributed by atoms with Crippen molar-refractivity contribution in [1.29, 1.82) is 0 Å². The van der Waals surface area contributed by atoms with E-state index in [1.807, 2.05) is 0 Å². The molecule has 0 aromatic heterocycles. The number of methoxy groups -OCH3 is 1. The number of nitrogens with one attached hydrogen (secondary N) is 1. The van der Waals surface area contributed by atoms with Gasteiger partial charge in [0.2, 0.25) is 21.8 Å². The van der Waals surface area contributed by atoms with Crippen LogP contribution in [0.25, 0.3) is 0 Å². The number of amides is 2. The van der Waals surface area contributed by atoms with Crippen molar-refractivity contribution in [3.8, 4) is 5.75 Å². The van der Waals surface area contributed by atoms with Crippen molar-refractivity contribution in [2.75, 3.05) is 37.0 Å². The van der Waals surface area contributed by atoms with Crippen LogP contribution in [0.2, 0.25) is 0 Å². The topological polar surface area (TPSA) is 96.0 Å². The number of carbonyl (C=O) groups excluding carboxylic acids is 2. The molecule has 1 N–H and O–H groups in total. The lowest BCUT2D eigenvalue weighted by molar-refractivity contribution is -0.122. The van der Waals surface area contributed by atoms with Crippen molar-refractivity contribution in [2.24, 2.45) is 11.8 Å². The Kier molecular flexibility index (Phi) is 6.71. The molecule has 0 unspecified atom stereocenters. The Morgan fingerprint density at radius 2 is 1.67 bits per heavy atom. The number of piperidine rings is 1. The number of anilines is 2. The highest BCUT2D eigenvalue weighted by Gasteiger charge is 2.35. The van der Waals surface area contributed by atoms with Crippen LogP contribution in [-0.2, 0) is 19.6 Å². The minimum atomic E-state index is -3.54. The first kappa shape index (κ1) is 23.3. The van der Waals surface area contributed by atoms with Crippen molar-refractivity contribution < 1.29 is 22.7 Å². The van der Waals surface area contributed by atoms with Crippen molar-refractivity contribution in [2.45, 2.75) is 31.1 Å². The first-order valence-corrected chi connectivity index (χ1v) is 12.6. The van der Waals surface area contributed by atoms with Gasteiger partial charge in [0.25, 0.3) is 0 Å². The average molecular weight is 472 g/mol. The first-order valence-electron chi connectivity index (χ1n) is 11.1. The molecule has 0 saturated carbocycles. The predicted octanol–water partition coefficient (Wildman–Crippen LogP) is 3.11. The molecule has 2 aromatic rings. The molecular formula is C24H29N3O5S. The Morgan fingerprint density at radius 3 is 2.27 bits per heavy atom. The van der Waals surface area contributed by atoms with Gasteiger partial charge in [-0.25, -0.2) is 8.42 Å². The minimum Gasteiger partial charge on any atom is -0.497 e. The zero-order chi connectivity index (χ0) is 23.6. The number of sulfonamides is 1. The summed E-state index contributed by atoms with van der Waals surface area (Å²) in [5.41, 5.74) is 1.22. The lowest BCUT2D eigenvalue weighted by Crippen LogP contribution is -2.37. The predicted molar refractivity (Wildman–Crippen MR) is 126 cm³/mol. The summed E-state index contributed by atoms with van der Waals surface area (Å²) in [7, 11) is -1.96. The Hall–Kier alpha value is -2.91. The van der Waals surface area contributed by atoms with Gasteiger partial charge in [0.15, 0.2) is 0 Å². The van der Waals surface area contributed by atoms with E-state index in [0.29, 0.717) is 30.4 Å². The van der Waals surface area contributed by atoms with Crippen LogP contribution in [0.1, 0.15) is 26.2 Å². The molecule has 0 bridgehead atoms. The molecule has 2 aromatic carbocycles. The molecule has 9 heteroatoms. The second kappa shape index (κ2) is 9.52. The fraction of sp³-hybridized carbons (Fsp3) is 0.417. The van der Waals surface area contributed by atoms with Crippen LogP contribution in [0, 0.1) is 11.8 Å². The van der Waals surface area contributed by atoms with E-state index < -0.39 is 15.9 Å². The maximum Gasteiger partial charge on any atom is 0.243 e. The van der Waals surface area contributed by atoms with E-state index in [4.69, 9.17) is 4.74 Å². The highest BCUT2D eigenvalue weighted by Crippen LogP contribution is 2.28. The van der Waals surface area contributed by atoms with Gasteiger partial charge in [0.05, 0.1) is 17.9 Å². The molecule has 2 heterocycles. The van der Waals surface area contributed by atoms with Crippen molar-refractivity contribution >= 4 is 33.2 Å². The summed E-state index contributed by atoms with van der Waals surface area (Å²) in [5.74, 6) is 0.369. The van der Waals surface area contributed by atoms with Crippen molar-refractivity contribution in [1.82, 2.24) is 4.31 Å². The maximum atomic E-state index is 12.9. The van der Waals surface area contributed by atoms with E-state index in [0.717, 1.165) is 18.5 Å². The van der Waals surface area contributed by atoms with E-state index in [9.17, 15) is 18.0 Å². The fourth-order valence-corrected chi connectivity index (χ4v) is 5.69. The van der Waals surface area contributed by atoms with Crippen LogP contribution in [0.3, 0.4) is 0 Å². The van der Waals surface area contributed by atoms with Crippen molar-refractivity contribution in [3.05, 3.63) is 48.5 Å². The second-order valence-electron chi connectivity index (χ2n) is 8.70. The highest BCUT2D eigenvalue weighted by molar-refractivity contribution is 7.89. The van der Waals surface area contributed by atoms with Gasteiger partial charge < -0.3 is 15.0 Å². The quantitative estimate of drug-likeness (QED) is 0.698. The molecule has 2 aliphatic rings. The van der Waals surface area contributed by atoms with E-state index >= 15 is 0 Å². The van der Waals surface area contributed by atoms with Crippen LogP contribution in [0.5, 0.6) is 5.75 Å². The molecule has 1 atom stereocenters. The second-order valence-corrected chi connectivity index (χ2v) is 10.6. The van der Waals surface area contributed by atoms with Gasteiger partial charge in [0, 0.05) is 37.4 Å². The molecule has 176 valence electrons. The number of benzene rings is 2. The zero-order valence-corrected chi connectivity index (χ0v) is 19.7. The van der Waals surface area contributed by atoms with Gasteiger partial charge in [-0.1, -0.05) is 6.92 Å². The van der Waals surface area contributed by atoms with E-state index in [-0.39, 0.29) is 29.7 Å². The lowest BCUT2D eigenvalue weighted by Gasteiger charge is -2.29. The zero-order valence-electron chi connectivity index (χ0n) is 18.9. The summed E-state index contributed by atoms with van der Waals surface area (Å²) in [6.07, 6.45) is 1.85. The molecule has 2 saturated heterocycles. The number of hydrogen-bond donors (Lipinski definition) is 1. The molecule has 2 amide bonds. The molecular weight excluding hydrogens is 442 g/mol. The van der Waals surface area contributed by atoms with Crippen LogP contribution in [0.4, 0.5) is 11.4 Å². The highest BCUT2D eigenvalue weighted by atomic mass is 32.2. The van der Waals surface area contributed by atoms with Crippen LogP contribution >= 0.6 is 0 Å². The Morgan fingerprint density at radius 1 is 1.03 bits per heavy atom. The van der Waals surface area contributed by atoms with Gasteiger partial charge in [-0.05, 0) is 67.3 Å². The smallest absolute Gasteiger partial charge is 0.243 e. The van der Waals surface area contributed by atoms with E-state index in [2.05, 4.69) is 12.2 Å². The van der Waals surface area contributed by atoms with Gasteiger partial charge in [-0.3, -0.25) is 9.59 Å². The number of hydrogen-bond acceptors (Lipinski definition) is 5. The summed E-state index contributed by atoms with van der Waals surface area (Å²) in [5, 5.41) is 2.81. The third-order valence-electron chi connectivity index (χ3n) is 6.38. The lowest BCUT2D eigenvalue weighted by atomic mass is 10.0. The van der Waals surface area contributed by atoms with E-state index in [1.165, 1.54) is 16.4 Å². The third kappa shape index (κ3) is 5.04. The maximum absolute atomic E-state index is 12.9. The fourth-order valence-electron chi connectivity index (χ4n) is 4.22. The largest absolute Gasteiger partial charge is 0.497 e. The van der Waals surface area contributed by atoms with Gasteiger partial charge in [-0.2, -0.15) is 4.31 Å². The summed E-state index contributed by atoms with van der Waals surface area (Å²) in [6, 6.07) is 13.4. The first-order chi connectivity index (χ1) is 15.8. The third-order valence-corrected chi connectivity index (χ3v) is 8.30. The molecule has 0 radical (unpaired) electrons. The molecule has 4 rings (SSSR count). The number of rotatable bonds is 6. The standard InChI is InChI=1S/C24H29N3O5S/c1-17-11-13-26(14-12-17)33(30,31)22-9-3-19(4-10-22)25-24(29)18-15-23(28)27(16-18)20-5-7-21(32-2)8-6-20/h3-10,17-18H,11-16H2,1-2H3,(H,25,29)/t18-/m1/s1. The molecule has 8 nitrogen and oxygen atoms in total. The molecule has 2 fully saturated rings. The Labute approximate surface area is 194 Å². The van der Waals surface area contributed by atoms with Gasteiger partial charge >= 0.3 is 0 Å². The average Bonchev–Trinajstić information content (AvgIpc) is 3.21. The summed E-state index contributed by atoms with van der Waals surface area (Å²) >= 11 is 0. The molecule has 33 heavy (non-hydrogen) atoms. The molecule has 0 aliphatic carbocycles. The number of nitrogens with zero attached hydrogens (tertiary/aromatic N) is 2. The summed E-state index contributed by atoms with van der Waals surface area (Å²) in [4.78, 5) is 27.0. The number of ether oxygens (including phenoxy) is 1. The van der Waals surface area contributed by atoms with Gasteiger partial charge in [0.1, 0.15) is 5.75 Å².